The van der Waals surface area contributed by atoms with Crippen molar-refractivity contribution in [2.24, 2.45) is 0 Å². The lowest BCUT2D eigenvalue weighted by atomic mass is 10.1. The molecule has 2 aromatic rings. The van der Waals surface area contributed by atoms with Crippen LogP contribution in [0.1, 0.15) is 11.3 Å². The van der Waals surface area contributed by atoms with Gasteiger partial charge < -0.3 is 14.4 Å². The van der Waals surface area contributed by atoms with E-state index in [1.807, 2.05) is 29.2 Å². The monoisotopic (exact) mass is 365 g/mol. The summed E-state index contributed by atoms with van der Waals surface area (Å²) in [6.45, 7) is 5.24. The number of piperazine rings is 1. The highest BCUT2D eigenvalue weighted by molar-refractivity contribution is 5.91. The first-order valence-electron chi connectivity index (χ1n) is 9.27. The lowest BCUT2D eigenvalue weighted by molar-refractivity contribution is -0.127. The third-order valence-corrected chi connectivity index (χ3v) is 4.78. The number of carbonyl (C=O) groups is 1. The Morgan fingerprint density at radius 2 is 1.85 bits per heavy atom. The lowest BCUT2D eigenvalue weighted by Gasteiger charge is -2.34. The topological polar surface area (TPSA) is 54.9 Å². The van der Waals surface area contributed by atoms with E-state index in [1.54, 1.807) is 18.3 Å². The van der Waals surface area contributed by atoms with E-state index in [4.69, 9.17) is 9.47 Å². The summed E-state index contributed by atoms with van der Waals surface area (Å²) in [5.41, 5.74) is 2.00. The van der Waals surface area contributed by atoms with Crippen LogP contribution in [0.2, 0.25) is 0 Å². The minimum atomic E-state index is 0.0413. The van der Waals surface area contributed by atoms with Crippen molar-refractivity contribution in [2.45, 2.75) is 6.54 Å². The van der Waals surface area contributed by atoms with Crippen molar-refractivity contribution in [3.05, 3.63) is 59.9 Å². The minimum Gasteiger partial charge on any atom is -0.486 e. The van der Waals surface area contributed by atoms with Crippen LogP contribution >= 0.6 is 0 Å². The van der Waals surface area contributed by atoms with E-state index >= 15 is 0 Å². The molecule has 0 N–H and O–H groups in total. The molecule has 3 heterocycles. The smallest absolute Gasteiger partial charge is 0.246 e. The van der Waals surface area contributed by atoms with Crippen LogP contribution < -0.4 is 9.47 Å². The predicted molar refractivity (Wildman–Crippen MR) is 103 cm³/mol. The van der Waals surface area contributed by atoms with E-state index in [1.165, 1.54) is 5.56 Å². The fourth-order valence-corrected chi connectivity index (χ4v) is 3.31. The normalized spacial score (nSPS) is 17.3. The highest BCUT2D eigenvalue weighted by atomic mass is 16.6. The first kappa shape index (κ1) is 17.5. The van der Waals surface area contributed by atoms with Crippen LogP contribution in [0.15, 0.2) is 48.7 Å². The number of hydrogen-bond donors (Lipinski definition) is 0. The number of amides is 1. The summed E-state index contributed by atoms with van der Waals surface area (Å²) in [5.74, 6) is 1.69. The van der Waals surface area contributed by atoms with Crippen LogP contribution in [0.3, 0.4) is 0 Å². The van der Waals surface area contributed by atoms with Gasteiger partial charge in [-0.05, 0) is 35.9 Å². The summed E-state index contributed by atoms with van der Waals surface area (Å²) < 4.78 is 11.2. The SMILES string of the molecule is O=C(/C=C\c1ccccn1)N1CCN(Cc2ccc3c(c2)OCCO3)CC1. The highest BCUT2D eigenvalue weighted by Gasteiger charge is 2.20. The van der Waals surface area contributed by atoms with Crippen LogP contribution in [-0.4, -0.2) is 60.1 Å². The highest BCUT2D eigenvalue weighted by Crippen LogP contribution is 2.31. The standard InChI is InChI=1S/C21H23N3O3/c25-21(7-5-18-3-1-2-8-22-18)24-11-9-23(10-12-24)16-17-4-6-19-20(15-17)27-14-13-26-19/h1-8,15H,9-14,16H2/b7-5-. The lowest BCUT2D eigenvalue weighted by Crippen LogP contribution is -2.47. The average Bonchev–Trinajstić information content (AvgIpc) is 2.73. The average molecular weight is 365 g/mol. The second-order valence-electron chi connectivity index (χ2n) is 6.67. The van der Waals surface area contributed by atoms with E-state index in [2.05, 4.69) is 22.0 Å². The second-order valence-corrected chi connectivity index (χ2v) is 6.67. The van der Waals surface area contributed by atoms with Crippen molar-refractivity contribution in [1.82, 2.24) is 14.8 Å². The summed E-state index contributed by atoms with van der Waals surface area (Å²) in [4.78, 5) is 20.8. The van der Waals surface area contributed by atoms with Crippen molar-refractivity contribution >= 4 is 12.0 Å². The Kier molecular flexibility index (Phi) is 5.34. The molecule has 2 aliphatic heterocycles. The van der Waals surface area contributed by atoms with Crippen molar-refractivity contribution in [2.75, 3.05) is 39.4 Å². The van der Waals surface area contributed by atoms with Gasteiger partial charge in [-0.25, -0.2) is 0 Å². The molecule has 0 radical (unpaired) electrons. The molecule has 27 heavy (non-hydrogen) atoms. The van der Waals surface area contributed by atoms with Crippen LogP contribution in [0.4, 0.5) is 0 Å². The zero-order valence-electron chi connectivity index (χ0n) is 15.2. The fourth-order valence-electron chi connectivity index (χ4n) is 3.31. The van der Waals surface area contributed by atoms with Gasteiger partial charge in [-0.1, -0.05) is 12.1 Å². The zero-order valence-corrected chi connectivity index (χ0v) is 15.2. The number of ether oxygens (including phenoxy) is 2. The van der Waals surface area contributed by atoms with Crippen LogP contribution in [-0.2, 0) is 11.3 Å². The van der Waals surface area contributed by atoms with Gasteiger partial charge in [0, 0.05) is 45.0 Å². The molecule has 1 fully saturated rings. The second kappa shape index (κ2) is 8.22. The van der Waals surface area contributed by atoms with Gasteiger partial charge in [0.25, 0.3) is 0 Å². The molecule has 0 aliphatic carbocycles. The number of fused-ring (bicyclic) bond motifs is 1. The van der Waals surface area contributed by atoms with Crippen LogP contribution in [0.25, 0.3) is 6.08 Å². The molecule has 0 bridgehead atoms. The molecule has 1 aromatic heterocycles. The van der Waals surface area contributed by atoms with Gasteiger partial charge in [0.15, 0.2) is 11.5 Å². The Morgan fingerprint density at radius 1 is 1.04 bits per heavy atom. The van der Waals surface area contributed by atoms with E-state index in [-0.39, 0.29) is 5.91 Å². The molecule has 0 unspecified atom stereocenters. The first-order valence-corrected chi connectivity index (χ1v) is 9.27. The molecule has 0 atom stereocenters. The number of hydrogen-bond acceptors (Lipinski definition) is 5. The molecule has 1 aromatic carbocycles. The largest absolute Gasteiger partial charge is 0.486 e. The van der Waals surface area contributed by atoms with Gasteiger partial charge in [-0.15, -0.1) is 0 Å². The molecular formula is C21H23N3O3. The number of aromatic nitrogens is 1. The summed E-state index contributed by atoms with van der Waals surface area (Å²) >= 11 is 0. The van der Waals surface area contributed by atoms with Crippen LogP contribution in [0, 0.1) is 0 Å². The maximum absolute atomic E-state index is 12.4. The zero-order chi connectivity index (χ0) is 18.5. The Bertz CT molecular complexity index is 815. The summed E-state index contributed by atoms with van der Waals surface area (Å²) in [6, 6.07) is 11.8. The van der Waals surface area contributed by atoms with Crippen molar-refractivity contribution < 1.29 is 14.3 Å². The van der Waals surface area contributed by atoms with E-state index < -0.39 is 0 Å². The van der Waals surface area contributed by atoms with Crippen molar-refractivity contribution in [3.8, 4) is 11.5 Å². The van der Waals surface area contributed by atoms with E-state index in [9.17, 15) is 4.79 Å². The predicted octanol–water partition coefficient (Wildman–Crippen LogP) is 2.21. The minimum absolute atomic E-state index is 0.0413. The van der Waals surface area contributed by atoms with Gasteiger partial charge in [0.05, 0.1) is 5.69 Å². The molecule has 4 rings (SSSR count). The van der Waals surface area contributed by atoms with E-state index in [0.717, 1.165) is 49.9 Å². The maximum atomic E-state index is 12.4. The Morgan fingerprint density at radius 3 is 2.63 bits per heavy atom. The van der Waals surface area contributed by atoms with Gasteiger partial charge in [0.1, 0.15) is 13.2 Å². The Labute approximate surface area is 159 Å². The summed E-state index contributed by atoms with van der Waals surface area (Å²) in [6.07, 6.45) is 5.10. The molecule has 6 nitrogen and oxygen atoms in total. The number of pyridine rings is 1. The van der Waals surface area contributed by atoms with Gasteiger partial charge in [-0.2, -0.15) is 0 Å². The Hall–Kier alpha value is -2.86. The maximum Gasteiger partial charge on any atom is 0.246 e. The molecular weight excluding hydrogens is 342 g/mol. The third-order valence-electron chi connectivity index (χ3n) is 4.78. The molecule has 0 spiro atoms. The number of rotatable bonds is 4. The number of nitrogens with zero attached hydrogens (tertiary/aromatic N) is 3. The Balaban J connectivity index is 1.29. The third kappa shape index (κ3) is 4.46. The molecule has 6 heteroatoms. The summed E-state index contributed by atoms with van der Waals surface area (Å²) in [5, 5.41) is 0. The van der Waals surface area contributed by atoms with Gasteiger partial charge in [0.2, 0.25) is 5.91 Å². The van der Waals surface area contributed by atoms with Crippen molar-refractivity contribution in [3.63, 3.8) is 0 Å². The van der Waals surface area contributed by atoms with Gasteiger partial charge >= 0.3 is 0 Å². The van der Waals surface area contributed by atoms with Gasteiger partial charge in [-0.3, -0.25) is 14.7 Å². The van der Waals surface area contributed by atoms with Crippen molar-refractivity contribution in [1.29, 1.82) is 0 Å². The quantitative estimate of drug-likeness (QED) is 0.778. The number of carbonyl (C=O) groups excluding carboxylic acids is 1. The first-order chi connectivity index (χ1) is 13.3. The number of benzene rings is 1. The van der Waals surface area contributed by atoms with E-state index in [0.29, 0.717) is 13.2 Å². The molecule has 1 saturated heterocycles. The van der Waals surface area contributed by atoms with Crippen LogP contribution in [0.5, 0.6) is 11.5 Å². The molecule has 1 amide bonds. The summed E-state index contributed by atoms with van der Waals surface area (Å²) in [7, 11) is 0. The molecule has 140 valence electrons. The molecule has 0 saturated carbocycles. The molecule has 2 aliphatic rings. The fraction of sp³-hybridized carbons (Fsp3) is 0.333.